The van der Waals surface area contributed by atoms with E-state index in [1.165, 1.54) is 0 Å². The van der Waals surface area contributed by atoms with Crippen molar-refractivity contribution in [2.75, 3.05) is 0 Å². The smallest absolute Gasteiger partial charge is 0.320 e. The van der Waals surface area contributed by atoms with Crippen molar-refractivity contribution < 1.29 is 23.8 Å². The SMILES string of the molecule is CC12C=CC(O1)C1C3OC(C)(C4C(=O)OC(=O)C34)C12. The van der Waals surface area contributed by atoms with Crippen molar-refractivity contribution in [1.29, 1.82) is 0 Å². The van der Waals surface area contributed by atoms with Gasteiger partial charge < -0.3 is 14.2 Å². The summed E-state index contributed by atoms with van der Waals surface area (Å²) in [5, 5.41) is 0. The lowest BCUT2D eigenvalue weighted by Crippen LogP contribution is -2.54. The van der Waals surface area contributed by atoms with Gasteiger partial charge in [-0.3, -0.25) is 9.59 Å². The zero-order chi connectivity index (χ0) is 13.2. The van der Waals surface area contributed by atoms with Gasteiger partial charge in [-0.15, -0.1) is 0 Å². The van der Waals surface area contributed by atoms with Crippen LogP contribution in [0.3, 0.4) is 0 Å². The third-order valence-corrected chi connectivity index (χ3v) is 5.83. The van der Waals surface area contributed by atoms with Gasteiger partial charge in [0.1, 0.15) is 11.8 Å². The van der Waals surface area contributed by atoms with Gasteiger partial charge in [0.05, 0.1) is 23.4 Å². The van der Waals surface area contributed by atoms with Crippen LogP contribution in [-0.2, 0) is 23.8 Å². The van der Waals surface area contributed by atoms with Gasteiger partial charge in [0, 0.05) is 11.8 Å². The largest absolute Gasteiger partial charge is 0.393 e. The molecule has 5 heterocycles. The summed E-state index contributed by atoms with van der Waals surface area (Å²) >= 11 is 0. The first-order valence-corrected chi connectivity index (χ1v) is 6.76. The Kier molecular flexibility index (Phi) is 1.47. The molecule has 5 rings (SSSR count). The third-order valence-electron chi connectivity index (χ3n) is 5.83. The molecule has 5 heteroatoms. The number of ether oxygens (including phenoxy) is 3. The topological polar surface area (TPSA) is 61.8 Å². The van der Waals surface area contributed by atoms with Gasteiger partial charge in [0.15, 0.2) is 0 Å². The Hall–Kier alpha value is -1.20. The Morgan fingerprint density at radius 1 is 1.16 bits per heavy atom. The fourth-order valence-electron chi connectivity index (χ4n) is 5.39. The first-order chi connectivity index (χ1) is 8.96. The summed E-state index contributed by atoms with van der Waals surface area (Å²) in [5.74, 6) is -1.44. The van der Waals surface area contributed by atoms with Gasteiger partial charge >= 0.3 is 11.9 Å². The maximum absolute atomic E-state index is 12.0. The van der Waals surface area contributed by atoms with Crippen LogP contribution in [-0.4, -0.2) is 35.3 Å². The van der Waals surface area contributed by atoms with Crippen LogP contribution in [0.15, 0.2) is 12.2 Å². The van der Waals surface area contributed by atoms with E-state index in [1.54, 1.807) is 0 Å². The summed E-state index contributed by atoms with van der Waals surface area (Å²) in [6.45, 7) is 3.99. The molecule has 5 nitrogen and oxygen atoms in total. The number of fused-ring (bicyclic) bond motifs is 12. The van der Waals surface area contributed by atoms with E-state index in [4.69, 9.17) is 14.2 Å². The number of esters is 2. The average molecular weight is 262 g/mol. The van der Waals surface area contributed by atoms with Gasteiger partial charge in [-0.25, -0.2) is 0 Å². The van der Waals surface area contributed by atoms with E-state index in [0.717, 1.165) is 0 Å². The van der Waals surface area contributed by atoms with Crippen molar-refractivity contribution in [2.45, 2.75) is 37.3 Å². The molecule has 4 bridgehead atoms. The molecule has 0 aliphatic carbocycles. The Bertz CT molecular complexity index is 568. The molecule has 100 valence electrons. The highest BCUT2D eigenvalue weighted by atomic mass is 16.6. The maximum atomic E-state index is 12.0. The van der Waals surface area contributed by atoms with Gasteiger partial charge in [0.25, 0.3) is 0 Å². The van der Waals surface area contributed by atoms with Crippen molar-refractivity contribution in [3.05, 3.63) is 12.2 Å². The van der Waals surface area contributed by atoms with E-state index in [1.807, 2.05) is 13.8 Å². The Morgan fingerprint density at radius 2 is 1.95 bits per heavy atom. The number of cyclic esters (lactones) is 2. The summed E-state index contributed by atoms with van der Waals surface area (Å²) in [7, 11) is 0. The summed E-state index contributed by atoms with van der Waals surface area (Å²) in [6.07, 6.45) is 3.90. The zero-order valence-corrected chi connectivity index (χ0v) is 10.7. The van der Waals surface area contributed by atoms with Gasteiger partial charge in [0.2, 0.25) is 0 Å². The first-order valence-electron chi connectivity index (χ1n) is 6.76. The minimum atomic E-state index is -0.641. The van der Waals surface area contributed by atoms with E-state index in [2.05, 4.69) is 12.2 Å². The number of rotatable bonds is 0. The van der Waals surface area contributed by atoms with Gasteiger partial charge in [-0.05, 0) is 13.8 Å². The molecule has 0 saturated carbocycles. The van der Waals surface area contributed by atoms with Crippen LogP contribution < -0.4 is 0 Å². The van der Waals surface area contributed by atoms with Crippen LogP contribution in [0.4, 0.5) is 0 Å². The fourth-order valence-corrected chi connectivity index (χ4v) is 5.39. The van der Waals surface area contributed by atoms with Crippen LogP contribution in [0.5, 0.6) is 0 Å². The Balaban J connectivity index is 1.71. The van der Waals surface area contributed by atoms with E-state index in [9.17, 15) is 9.59 Å². The van der Waals surface area contributed by atoms with E-state index in [0.29, 0.717) is 0 Å². The van der Waals surface area contributed by atoms with Crippen LogP contribution in [0.1, 0.15) is 13.8 Å². The average Bonchev–Trinajstić information content (AvgIpc) is 3.03. The predicted octanol–water partition coefficient (Wildman–Crippen LogP) is 0.433. The van der Waals surface area contributed by atoms with Crippen LogP contribution in [0, 0.1) is 23.7 Å². The minimum Gasteiger partial charge on any atom is -0.393 e. The second kappa shape index (κ2) is 2.65. The number of carbonyl (C=O) groups is 2. The van der Waals surface area contributed by atoms with Crippen molar-refractivity contribution in [3.8, 4) is 0 Å². The first kappa shape index (κ1) is 10.6. The number of carbonyl (C=O) groups excluding carboxylic acids is 2. The molecule has 5 aliphatic rings. The molecule has 8 atom stereocenters. The lowest BCUT2D eigenvalue weighted by atomic mass is 9.57. The highest BCUT2D eigenvalue weighted by molar-refractivity contribution is 5.98. The lowest BCUT2D eigenvalue weighted by molar-refractivity contribution is -0.161. The summed E-state index contributed by atoms with van der Waals surface area (Å²) in [5.41, 5.74) is -1.02. The third kappa shape index (κ3) is 0.876. The van der Waals surface area contributed by atoms with E-state index >= 15 is 0 Å². The normalized spacial score (nSPS) is 63.7. The van der Waals surface area contributed by atoms with Crippen LogP contribution >= 0.6 is 0 Å². The lowest BCUT2D eigenvalue weighted by Gasteiger charge is -2.40. The molecule has 0 aromatic carbocycles. The van der Waals surface area contributed by atoms with E-state index in [-0.39, 0.29) is 29.6 Å². The van der Waals surface area contributed by atoms with Crippen LogP contribution in [0.25, 0.3) is 0 Å². The molecule has 8 unspecified atom stereocenters. The van der Waals surface area contributed by atoms with Crippen molar-refractivity contribution in [1.82, 2.24) is 0 Å². The summed E-state index contributed by atoms with van der Waals surface area (Å²) in [4.78, 5) is 23.9. The molecule has 0 aromatic rings. The van der Waals surface area contributed by atoms with Crippen molar-refractivity contribution in [3.63, 3.8) is 0 Å². The van der Waals surface area contributed by atoms with Gasteiger partial charge in [-0.1, -0.05) is 12.2 Å². The Labute approximate surface area is 109 Å². The molecular formula is C14H14O5. The van der Waals surface area contributed by atoms with Crippen molar-refractivity contribution >= 4 is 11.9 Å². The summed E-state index contributed by atoms with van der Waals surface area (Å²) in [6, 6.07) is 0. The molecule has 19 heavy (non-hydrogen) atoms. The highest BCUT2D eigenvalue weighted by Crippen LogP contribution is 2.68. The number of hydrogen-bond donors (Lipinski definition) is 0. The standard InChI is InChI=1S/C14H14O5/c1-13-4-3-5(18-13)6-9-7-8(12(16)17-11(7)15)14(2,19-9)10(6)13/h3-10H,1-2H3. The predicted molar refractivity (Wildman–Crippen MR) is 60.8 cm³/mol. The Morgan fingerprint density at radius 3 is 2.74 bits per heavy atom. The monoisotopic (exact) mass is 262 g/mol. The molecule has 4 saturated heterocycles. The molecule has 0 radical (unpaired) electrons. The molecule has 4 fully saturated rings. The second-order valence-electron chi connectivity index (χ2n) is 6.69. The molecule has 0 amide bonds. The van der Waals surface area contributed by atoms with Gasteiger partial charge in [-0.2, -0.15) is 0 Å². The zero-order valence-electron chi connectivity index (χ0n) is 10.7. The number of hydrogen-bond acceptors (Lipinski definition) is 5. The van der Waals surface area contributed by atoms with Crippen LogP contribution in [0.2, 0.25) is 0 Å². The fraction of sp³-hybridized carbons (Fsp3) is 0.714. The quantitative estimate of drug-likeness (QED) is 0.360. The summed E-state index contributed by atoms with van der Waals surface area (Å²) < 4.78 is 17.0. The van der Waals surface area contributed by atoms with E-state index < -0.39 is 29.4 Å². The highest BCUT2D eigenvalue weighted by Gasteiger charge is 2.80. The van der Waals surface area contributed by atoms with Crippen molar-refractivity contribution in [2.24, 2.45) is 23.7 Å². The minimum absolute atomic E-state index is 0.00581. The molecule has 5 aliphatic heterocycles. The molecular weight excluding hydrogens is 248 g/mol. The molecule has 0 N–H and O–H groups in total. The molecule has 0 aromatic heterocycles. The molecule has 0 spiro atoms. The maximum Gasteiger partial charge on any atom is 0.320 e. The second-order valence-corrected chi connectivity index (χ2v) is 6.69.